The van der Waals surface area contributed by atoms with E-state index in [1.165, 1.54) is 16.4 Å². The number of rotatable bonds is 6. The molecular weight excluding hydrogens is 438 g/mol. The molecule has 2 aromatic carbocycles. The minimum absolute atomic E-state index is 0.0671. The van der Waals surface area contributed by atoms with E-state index in [9.17, 15) is 23.3 Å². The molecular formula is C21H23N3O7S. The van der Waals surface area contributed by atoms with Crippen molar-refractivity contribution in [3.63, 3.8) is 0 Å². The Morgan fingerprint density at radius 1 is 1.09 bits per heavy atom. The molecule has 1 saturated heterocycles. The number of fused-ring (bicyclic) bond motifs is 1. The van der Waals surface area contributed by atoms with Crippen LogP contribution in [0.15, 0.2) is 47.4 Å². The van der Waals surface area contributed by atoms with E-state index >= 15 is 0 Å². The first kappa shape index (κ1) is 22.0. The second-order valence-electron chi connectivity index (χ2n) is 7.64. The lowest BCUT2D eigenvalue weighted by atomic mass is 9.98. The normalized spacial score (nSPS) is 17.0. The monoisotopic (exact) mass is 461 g/mol. The van der Waals surface area contributed by atoms with Crippen molar-refractivity contribution < 1.29 is 27.6 Å². The fourth-order valence-electron chi connectivity index (χ4n) is 3.84. The number of piperidine rings is 1. The molecule has 0 unspecified atom stereocenters. The van der Waals surface area contributed by atoms with Gasteiger partial charge in [-0.15, -0.1) is 0 Å². The molecule has 0 spiro atoms. The molecule has 10 nitrogen and oxygen atoms in total. The lowest BCUT2D eigenvalue weighted by Crippen LogP contribution is -2.41. The van der Waals surface area contributed by atoms with Gasteiger partial charge in [-0.2, -0.15) is 4.31 Å². The molecule has 0 atom stereocenters. The fourth-order valence-corrected chi connectivity index (χ4v) is 5.33. The zero-order valence-electron chi connectivity index (χ0n) is 17.2. The van der Waals surface area contributed by atoms with E-state index in [2.05, 4.69) is 5.32 Å². The summed E-state index contributed by atoms with van der Waals surface area (Å²) in [5, 5.41) is 14.2. The highest BCUT2D eigenvalue weighted by Gasteiger charge is 2.30. The average molecular weight is 461 g/mol. The first-order chi connectivity index (χ1) is 15.4. The molecule has 0 aliphatic carbocycles. The van der Waals surface area contributed by atoms with Crippen LogP contribution in [0.25, 0.3) is 0 Å². The minimum Gasteiger partial charge on any atom is -0.486 e. The van der Waals surface area contributed by atoms with E-state index in [0.29, 0.717) is 44.8 Å². The van der Waals surface area contributed by atoms with Gasteiger partial charge in [-0.05, 0) is 30.9 Å². The zero-order valence-corrected chi connectivity index (χ0v) is 18.0. The van der Waals surface area contributed by atoms with Gasteiger partial charge in [0.1, 0.15) is 18.8 Å². The van der Waals surface area contributed by atoms with E-state index in [1.54, 1.807) is 30.3 Å². The third-order valence-corrected chi connectivity index (χ3v) is 7.52. The molecule has 1 fully saturated rings. The number of carbonyl (C=O) groups is 1. The molecule has 4 rings (SSSR count). The second kappa shape index (κ2) is 9.13. The summed E-state index contributed by atoms with van der Waals surface area (Å²) in [7, 11) is -3.54. The van der Waals surface area contributed by atoms with Gasteiger partial charge in [0.05, 0.1) is 15.9 Å². The minimum atomic E-state index is -3.54. The van der Waals surface area contributed by atoms with Crippen LogP contribution in [0.2, 0.25) is 0 Å². The molecule has 1 N–H and O–H groups in total. The Labute approximate surface area is 185 Å². The number of nitro benzene ring substituents is 1. The van der Waals surface area contributed by atoms with Gasteiger partial charge in [0, 0.05) is 25.7 Å². The van der Waals surface area contributed by atoms with Crippen LogP contribution in [0.3, 0.4) is 0 Å². The van der Waals surface area contributed by atoms with Crippen molar-refractivity contribution in [3.05, 3.63) is 58.1 Å². The van der Waals surface area contributed by atoms with Crippen LogP contribution in [0.4, 0.5) is 5.69 Å². The van der Waals surface area contributed by atoms with Gasteiger partial charge in [-0.1, -0.05) is 18.2 Å². The third kappa shape index (κ3) is 4.53. The molecule has 2 heterocycles. The van der Waals surface area contributed by atoms with Crippen molar-refractivity contribution in [2.45, 2.75) is 17.7 Å². The maximum atomic E-state index is 12.7. The quantitative estimate of drug-likeness (QED) is 0.516. The maximum absolute atomic E-state index is 12.7. The molecule has 1 amide bonds. The summed E-state index contributed by atoms with van der Waals surface area (Å²) < 4.78 is 37.7. The smallest absolute Gasteiger partial charge is 0.286 e. The van der Waals surface area contributed by atoms with E-state index in [4.69, 9.17) is 9.47 Å². The Hall–Kier alpha value is -3.18. The summed E-state index contributed by atoms with van der Waals surface area (Å²) in [5.41, 5.74) is -0.445. The Kier molecular flexibility index (Phi) is 6.28. The highest BCUT2D eigenvalue weighted by molar-refractivity contribution is 7.89. The molecule has 0 aromatic heterocycles. The zero-order chi connectivity index (χ0) is 22.7. The Morgan fingerprint density at radius 3 is 2.34 bits per heavy atom. The summed E-state index contributed by atoms with van der Waals surface area (Å²) in [5.74, 6) is 0.0309. The highest BCUT2D eigenvalue weighted by Crippen LogP contribution is 2.36. The molecule has 11 heteroatoms. The number of hydrogen-bond acceptors (Lipinski definition) is 7. The van der Waals surface area contributed by atoms with Gasteiger partial charge in [-0.3, -0.25) is 14.9 Å². The van der Waals surface area contributed by atoms with Crippen molar-refractivity contribution >= 4 is 21.6 Å². The van der Waals surface area contributed by atoms with Gasteiger partial charge < -0.3 is 14.8 Å². The number of ether oxygens (including phenoxy) is 2. The van der Waals surface area contributed by atoms with E-state index < -0.39 is 20.9 Å². The number of nitro groups is 1. The summed E-state index contributed by atoms with van der Waals surface area (Å²) in [6, 6.07) is 10.8. The second-order valence-corrected chi connectivity index (χ2v) is 9.58. The van der Waals surface area contributed by atoms with E-state index in [1.807, 2.05) is 0 Å². The fraction of sp³-hybridized carbons (Fsp3) is 0.381. The van der Waals surface area contributed by atoms with Crippen LogP contribution < -0.4 is 14.8 Å². The molecule has 2 aliphatic rings. The SMILES string of the molecule is O=C(NCC1CCN(S(=O)(=O)c2ccccc2)CC1)c1cc2c(cc1[N+](=O)[O-])OCCO2. The van der Waals surface area contributed by atoms with Crippen molar-refractivity contribution in [2.75, 3.05) is 32.8 Å². The predicted octanol–water partition coefficient (Wildman–Crippen LogP) is 2.20. The molecule has 0 radical (unpaired) electrons. The van der Waals surface area contributed by atoms with Crippen LogP contribution in [0, 0.1) is 16.0 Å². The predicted molar refractivity (Wildman–Crippen MR) is 114 cm³/mol. The molecule has 0 bridgehead atoms. The van der Waals surface area contributed by atoms with Crippen molar-refractivity contribution in [3.8, 4) is 11.5 Å². The van der Waals surface area contributed by atoms with Crippen LogP contribution in [0.5, 0.6) is 11.5 Å². The van der Waals surface area contributed by atoms with E-state index in [-0.39, 0.29) is 34.4 Å². The van der Waals surface area contributed by atoms with Crippen molar-refractivity contribution in [1.82, 2.24) is 9.62 Å². The van der Waals surface area contributed by atoms with E-state index in [0.717, 1.165) is 0 Å². The van der Waals surface area contributed by atoms with Gasteiger partial charge in [0.25, 0.3) is 11.6 Å². The number of nitrogens with zero attached hydrogens (tertiary/aromatic N) is 2. The van der Waals surface area contributed by atoms with Gasteiger partial charge in [0.2, 0.25) is 10.0 Å². The Balaban J connectivity index is 1.37. The summed E-state index contributed by atoms with van der Waals surface area (Å²) >= 11 is 0. The standard InChI is InChI=1S/C21H23N3O7S/c25-21(17-12-19-20(31-11-10-30-19)13-18(17)24(26)27)22-14-15-6-8-23(9-7-15)32(28,29)16-4-2-1-3-5-16/h1-5,12-13,15H,6-11,14H2,(H,22,25). The third-order valence-electron chi connectivity index (χ3n) is 5.61. The van der Waals surface area contributed by atoms with Crippen LogP contribution >= 0.6 is 0 Å². The lowest BCUT2D eigenvalue weighted by Gasteiger charge is -2.31. The molecule has 0 saturated carbocycles. The number of amides is 1. The molecule has 170 valence electrons. The Bertz CT molecular complexity index is 1110. The number of nitrogens with one attached hydrogen (secondary N) is 1. The first-order valence-corrected chi connectivity index (χ1v) is 11.7. The van der Waals surface area contributed by atoms with Crippen LogP contribution in [-0.2, 0) is 10.0 Å². The summed E-state index contributed by atoms with van der Waals surface area (Å²) in [4.78, 5) is 23.8. The van der Waals surface area contributed by atoms with Crippen molar-refractivity contribution in [1.29, 1.82) is 0 Å². The van der Waals surface area contributed by atoms with Crippen molar-refractivity contribution in [2.24, 2.45) is 5.92 Å². The highest BCUT2D eigenvalue weighted by atomic mass is 32.2. The average Bonchev–Trinajstić information content (AvgIpc) is 2.82. The maximum Gasteiger partial charge on any atom is 0.286 e. The topological polar surface area (TPSA) is 128 Å². The van der Waals surface area contributed by atoms with Gasteiger partial charge in [0.15, 0.2) is 11.5 Å². The lowest BCUT2D eigenvalue weighted by molar-refractivity contribution is -0.385. The molecule has 32 heavy (non-hydrogen) atoms. The van der Waals surface area contributed by atoms with Crippen LogP contribution in [-0.4, -0.2) is 56.4 Å². The summed E-state index contributed by atoms with van der Waals surface area (Å²) in [6.45, 7) is 1.58. The molecule has 2 aliphatic heterocycles. The number of sulfonamides is 1. The van der Waals surface area contributed by atoms with Crippen LogP contribution in [0.1, 0.15) is 23.2 Å². The molecule has 2 aromatic rings. The summed E-state index contributed by atoms with van der Waals surface area (Å²) in [6.07, 6.45) is 1.16. The van der Waals surface area contributed by atoms with Gasteiger partial charge in [-0.25, -0.2) is 8.42 Å². The number of carbonyl (C=O) groups excluding carboxylic acids is 1. The van der Waals surface area contributed by atoms with Gasteiger partial charge >= 0.3 is 0 Å². The first-order valence-electron chi connectivity index (χ1n) is 10.3. The number of benzene rings is 2. The largest absolute Gasteiger partial charge is 0.486 e. The number of hydrogen-bond donors (Lipinski definition) is 1. The Morgan fingerprint density at radius 2 is 1.72 bits per heavy atom.